The van der Waals surface area contributed by atoms with E-state index < -0.39 is 0 Å². The van der Waals surface area contributed by atoms with E-state index in [1.54, 1.807) is 0 Å². The van der Waals surface area contributed by atoms with Crippen molar-refractivity contribution in [3.63, 3.8) is 0 Å². The van der Waals surface area contributed by atoms with Crippen LogP contribution in [-0.4, -0.2) is 11.2 Å². The van der Waals surface area contributed by atoms with Crippen molar-refractivity contribution in [3.8, 4) is 0 Å². The predicted molar refractivity (Wildman–Crippen MR) is 61.4 cm³/mol. The summed E-state index contributed by atoms with van der Waals surface area (Å²) in [6.45, 7) is 2.34. The first-order chi connectivity index (χ1) is 7.22. The minimum atomic E-state index is -0.0191. The van der Waals surface area contributed by atoms with Crippen molar-refractivity contribution in [1.82, 2.24) is 0 Å². The van der Waals surface area contributed by atoms with Gasteiger partial charge >= 0.3 is 0 Å². The second-order valence-corrected chi connectivity index (χ2v) is 6.08. The summed E-state index contributed by atoms with van der Waals surface area (Å²) in [6, 6.07) is 0. The zero-order chi connectivity index (χ0) is 10.5. The Labute approximate surface area is 92.6 Å². The summed E-state index contributed by atoms with van der Waals surface area (Å²) >= 11 is 0. The van der Waals surface area contributed by atoms with Crippen molar-refractivity contribution in [2.75, 3.05) is 0 Å². The van der Waals surface area contributed by atoms with Gasteiger partial charge in [-0.1, -0.05) is 19.1 Å². The van der Waals surface area contributed by atoms with Crippen LogP contribution in [-0.2, 0) is 0 Å². The van der Waals surface area contributed by atoms with Crippen LogP contribution in [0, 0.1) is 23.2 Å². The van der Waals surface area contributed by atoms with Gasteiger partial charge in [0.1, 0.15) is 0 Å². The predicted octanol–water partition coefficient (Wildman–Crippen LogP) is 3.14. The van der Waals surface area contributed by atoms with Gasteiger partial charge in [-0.2, -0.15) is 0 Å². The first-order valence-corrected chi connectivity index (χ1v) is 6.56. The lowest BCUT2D eigenvalue weighted by Gasteiger charge is -2.48. The molecule has 0 saturated heterocycles. The first-order valence-electron chi connectivity index (χ1n) is 6.56. The topological polar surface area (TPSA) is 20.2 Å². The molecule has 0 aromatic heterocycles. The average molecular weight is 206 g/mol. The summed E-state index contributed by atoms with van der Waals surface area (Å²) in [4.78, 5) is 0. The Balaban J connectivity index is 1.89. The maximum atomic E-state index is 10.2. The molecular formula is C14H22O. The molecule has 0 aromatic rings. The van der Waals surface area contributed by atoms with E-state index in [9.17, 15) is 5.11 Å². The third-order valence-corrected chi connectivity index (χ3v) is 5.49. The minimum Gasteiger partial charge on any atom is -0.393 e. The number of hydrogen-bond donors (Lipinski definition) is 1. The summed E-state index contributed by atoms with van der Waals surface area (Å²) in [5, 5.41) is 10.2. The quantitative estimate of drug-likeness (QED) is 0.604. The fourth-order valence-electron chi connectivity index (χ4n) is 4.50. The fourth-order valence-corrected chi connectivity index (χ4v) is 4.50. The number of allylic oxidation sites excluding steroid dienone is 2. The molecule has 84 valence electrons. The van der Waals surface area contributed by atoms with Gasteiger partial charge in [-0.25, -0.2) is 0 Å². The Hall–Kier alpha value is -0.300. The highest BCUT2D eigenvalue weighted by atomic mass is 16.3. The average Bonchev–Trinajstić information content (AvgIpc) is 2.56. The van der Waals surface area contributed by atoms with E-state index in [0.29, 0.717) is 0 Å². The van der Waals surface area contributed by atoms with E-state index in [2.05, 4.69) is 19.1 Å². The van der Waals surface area contributed by atoms with Crippen LogP contribution in [0.5, 0.6) is 0 Å². The number of rotatable bonds is 0. The van der Waals surface area contributed by atoms with Gasteiger partial charge in [-0.3, -0.25) is 0 Å². The lowest BCUT2D eigenvalue weighted by Crippen LogP contribution is -2.43. The summed E-state index contributed by atoms with van der Waals surface area (Å²) in [5.74, 6) is 2.52. The molecule has 2 fully saturated rings. The van der Waals surface area contributed by atoms with Gasteiger partial charge in [0, 0.05) is 0 Å². The zero-order valence-electron chi connectivity index (χ0n) is 9.65. The molecule has 3 rings (SSSR count). The van der Waals surface area contributed by atoms with Crippen LogP contribution in [0.15, 0.2) is 12.2 Å². The first kappa shape index (κ1) is 9.89. The van der Waals surface area contributed by atoms with Gasteiger partial charge in [-0.15, -0.1) is 0 Å². The van der Waals surface area contributed by atoms with Crippen molar-refractivity contribution in [2.24, 2.45) is 23.2 Å². The second kappa shape index (κ2) is 3.35. The fraction of sp³-hybridized carbons (Fsp3) is 0.857. The Morgan fingerprint density at radius 2 is 2.07 bits per heavy atom. The van der Waals surface area contributed by atoms with Crippen LogP contribution < -0.4 is 0 Å². The standard InChI is InChI=1S/C14H22O/c1-14-9-8-10-4-2-3-5-11(10)12(14)6-7-13(14)15/h2,4,10-13,15H,3,5-9H2,1H3. The molecule has 2 saturated carbocycles. The normalized spacial score (nSPS) is 53.7. The number of fused-ring (bicyclic) bond motifs is 3. The Bertz CT molecular complexity index is 283. The van der Waals surface area contributed by atoms with Crippen LogP contribution >= 0.6 is 0 Å². The Morgan fingerprint density at radius 3 is 2.93 bits per heavy atom. The van der Waals surface area contributed by atoms with Crippen molar-refractivity contribution in [1.29, 1.82) is 0 Å². The molecule has 5 atom stereocenters. The largest absolute Gasteiger partial charge is 0.393 e. The zero-order valence-corrected chi connectivity index (χ0v) is 9.65. The lowest BCUT2D eigenvalue weighted by atomic mass is 9.58. The summed E-state index contributed by atoms with van der Waals surface area (Å²) in [5.41, 5.74) is 0.256. The minimum absolute atomic E-state index is 0.0191. The maximum Gasteiger partial charge on any atom is 0.0596 e. The van der Waals surface area contributed by atoms with E-state index in [1.165, 1.54) is 32.1 Å². The molecule has 0 bridgehead atoms. The van der Waals surface area contributed by atoms with Crippen molar-refractivity contribution >= 4 is 0 Å². The molecule has 3 aliphatic carbocycles. The second-order valence-electron chi connectivity index (χ2n) is 6.08. The molecule has 0 aromatic carbocycles. The van der Waals surface area contributed by atoms with Gasteiger partial charge in [0.25, 0.3) is 0 Å². The van der Waals surface area contributed by atoms with E-state index >= 15 is 0 Å². The van der Waals surface area contributed by atoms with E-state index in [1.807, 2.05) is 0 Å². The van der Waals surface area contributed by atoms with Crippen LogP contribution in [0.4, 0.5) is 0 Å². The molecule has 1 heteroatoms. The lowest BCUT2D eigenvalue weighted by molar-refractivity contribution is -0.0275. The molecule has 0 spiro atoms. The highest BCUT2D eigenvalue weighted by Crippen LogP contribution is 2.58. The molecule has 0 heterocycles. The highest BCUT2D eigenvalue weighted by molar-refractivity contribution is 5.09. The molecule has 0 aliphatic heterocycles. The van der Waals surface area contributed by atoms with E-state index in [-0.39, 0.29) is 11.5 Å². The summed E-state index contributed by atoms with van der Waals surface area (Å²) in [6.07, 6.45) is 12.3. The van der Waals surface area contributed by atoms with Crippen LogP contribution in [0.3, 0.4) is 0 Å². The SMILES string of the molecule is CC12CCC3C=CCCC3C1CCC2O. The highest BCUT2D eigenvalue weighted by Gasteiger charge is 2.52. The van der Waals surface area contributed by atoms with Gasteiger partial charge < -0.3 is 5.11 Å². The molecule has 0 amide bonds. The summed E-state index contributed by atoms with van der Waals surface area (Å²) in [7, 11) is 0. The van der Waals surface area contributed by atoms with E-state index in [0.717, 1.165) is 24.2 Å². The monoisotopic (exact) mass is 206 g/mol. The number of aliphatic hydroxyl groups is 1. The third-order valence-electron chi connectivity index (χ3n) is 5.49. The maximum absolute atomic E-state index is 10.2. The molecular weight excluding hydrogens is 184 g/mol. The molecule has 5 unspecified atom stereocenters. The van der Waals surface area contributed by atoms with E-state index in [4.69, 9.17) is 0 Å². The number of hydrogen-bond acceptors (Lipinski definition) is 1. The summed E-state index contributed by atoms with van der Waals surface area (Å²) < 4.78 is 0. The van der Waals surface area contributed by atoms with Crippen molar-refractivity contribution in [3.05, 3.63) is 12.2 Å². The van der Waals surface area contributed by atoms with Gasteiger partial charge in [0.05, 0.1) is 6.10 Å². The van der Waals surface area contributed by atoms with Crippen molar-refractivity contribution < 1.29 is 5.11 Å². The molecule has 15 heavy (non-hydrogen) atoms. The third kappa shape index (κ3) is 1.32. The molecule has 0 radical (unpaired) electrons. The van der Waals surface area contributed by atoms with Crippen LogP contribution in [0.1, 0.15) is 45.4 Å². The molecule has 1 nitrogen and oxygen atoms in total. The molecule has 3 aliphatic rings. The van der Waals surface area contributed by atoms with Gasteiger partial charge in [0.15, 0.2) is 0 Å². The number of aliphatic hydroxyl groups excluding tert-OH is 1. The van der Waals surface area contributed by atoms with Crippen molar-refractivity contribution in [2.45, 2.75) is 51.6 Å². The van der Waals surface area contributed by atoms with Gasteiger partial charge in [0.2, 0.25) is 0 Å². The smallest absolute Gasteiger partial charge is 0.0596 e. The molecule has 1 N–H and O–H groups in total. The van der Waals surface area contributed by atoms with Crippen LogP contribution in [0.25, 0.3) is 0 Å². The van der Waals surface area contributed by atoms with Crippen LogP contribution in [0.2, 0.25) is 0 Å². The Morgan fingerprint density at radius 1 is 1.20 bits per heavy atom. The Kier molecular flexibility index (Phi) is 2.21. The van der Waals surface area contributed by atoms with Gasteiger partial charge in [-0.05, 0) is 61.7 Å².